The van der Waals surface area contributed by atoms with E-state index in [2.05, 4.69) is 0 Å². The summed E-state index contributed by atoms with van der Waals surface area (Å²) in [5.74, 6) is -4.91. The molecule has 0 fully saturated rings. The predicted octanol–water partition coefficient (Wildman–Crippen LogP) is 2.75. The smallest absolute Gasteiger partial charge is 0.336 e. The molecule has 0 amide bonds. The summed E-state index contributed by atoms with van der Waals surface area (Å²) in [7, 11) is 0. The molecule has 0 saturated carbocycles. The van der Waals surface area contributed by atoms with Crippen molar-refractivity contribution in [3.8, 4) is 0 Å². The number of esters is 3. The highest BCUT2D eigenvalue weighted by Crippen LogP contribution is 2.45. The SMILES string of the molecule is CCOC(=O)C1=C(C(=O)OC(C)(C)C)C(C(=O)OC(C)(C)C)C1C(=O)CC. The Kier molecular flexibility index (Phi) is 6.97. The summed E-state index contributed by atoms with van der Waals surface area (Å²) in [4.78, 5) is 50.2. The van der Waals surface area contributed by atoms with E-state index in [-0.39, 0.29) is 30.0 Å². The van der Waals surface area contributed by atoms with Gasteiger partial charge in [-0.05, 0) is 48.5 Å². The van der Waals surface area contributed by atoms with E-state index in [1.165, 1.54) is 0 Å². The second-order valence-corrected chi connectivity index (χ2v) is 8.36. The van der Waals surface area contributed by atoms with Gasteiger partial charge in [-0.1, -0.05) is 6.92 Å². The number of carbonyl (C=O) groups is 4. The standard InChI is InChI=1S/C20H30O7/c1-9-11(21)12-13(16(22)25-10-2)15(18(24)27-20(6,7)8)14(12)17(23)26-19(3,4)5/h12,14H,9-10H2,1-8H3. The number of ether oxygens (including phenoxy) is 3. The van der Waals surface area contributed by atoms with Crippen molar-refractivity contribution in [2.24, 2.45) is 11.8 Å². The second-order valence-electron chi connectivity index (χ2n) is 8.36. The van der Waals surface area contributed by atoms with E-state index in [0.29, 0.717) is 0 Å². The van der Waals surface area contributed by atoms with Gasteiger partial charge in [0.25, 0.3) is 0 Å². The molecule has 0 N–H and O–H groups in total. The molecule has 2 atom stereocenters. The Morgan fingerprint density at radius 3 is 1.67 bits per heavy atom. The van der Waals surface area contributed by atoms with Crippen molar-refractivity contribution in [2.75, 3.05) is 6.61 Å². The van der Waals surface area contributed by atoms with Crippen molar-refractivity contribution in [3.05, 3.63) is 11.1 Å². The zero-order chi connectivity index (χ0) is 21.2. The fourth-order valence-electron chi connectivity index (χ4n) is 2.77. The van der Waals surface area contributed by atoms with E-state index in [9.17, 15) is 19.2 Å². The Bertz CT molecular complexity index is 659. The summed E-state index contributed by atoms with van der Waals surface area (Å²) >= 11 is 0. The maximum Gasteiger partial charge on any atom is 0.336 e. The third kappa shape index (κ3) is 5.65. The van der Waals surface area contributed by atoms with Crippen LogP contribution in [0.2, 0.25) is 0 Å². The maximum absolute atomic E-state index is 12.7. The summed E-state index contributed by atoms with van der Waals surface area (Å²) in [6, 6.07) is 0. The highest BCUT2D eigenvalue weighted by atomic mass is 16.6. The molecule has 0 aliphatic heterocycles. The van der Waals surface area contributed by atoms with Gasteiger partial charge in [0.2, 0.25) is 0 Å². The average molecular weight is 382 g/mol. The topological polar surface area (TPSA) is 96.0 Å². The molecule has 0 bridgehead atoms. The Morgan fingerprint density at radius 2 is 1.26 bits per heavy atom. The Balaban J connectivity index is 3.45. The molecule has 152 valence electrons. The third-order valence-electron chi connectivity index (χ3n) is 3.72. The lowest BCUT2D eigenvalue weighted by atomic mass is 9.65. The van der Waals surface area contributed by atoms with Crippen molar-refractivity contribution in [1.29, 1.82) is 0 Å². The monoisotopic (exact) mass is 382 g/mol. The molecule has 0 spiro atoms. The van der Waals surface area contributed by atoms with E-state index < -0.39 is 40.9 Å². The minimum absolute atomic E-state index is 0.0775. The number of ketones is 1. The highest BCUT2D eigenvalue weighted by molar-refractivity contribution is 6.14. The van der Waals surface area contributed by atoms with Gasteiger partial charge in [0.05, 0.1) is 23.7 Å². The molecule has 0 aromatic carbocycles. The van der Waals surface area contributed by atoms with Gasteiger partial charge in [-0.3, -0.25) is 9.59 Å². The van der Waals surface area contributed by atoms with E-state index >= 15 is 0 Å². The lowest BCUT2D eigenvalue weighted by Crippen LogP contribution is -2.49. The normalized spacial score (nSPS) is 19.9. The molecule has 7 heteroatoms. The molecule has 0 aromatic heterocycles. The fourth-order valence-corrected chi connectivity index (χ4v) is 2.77. The minimum Gasteiger partial charge on any atom is -0.463 e. The molecule has 7 nitrogen and oxygen atoms in total. The van der Waals surface area contributed by atoms with Gasteiger partial charge < -0.3 is 14.2 Å². The van der Waals surface area contributed by atoms with Gasteiger partial charge in [-0.25, -0.2) is 9.59 Å². The van der Waals surface area contributed by atoms with Crippen LogP contribution < -0.4 is 0 Å². The zero-order valence-electron chi connectivity index (χ0n) is 17.4. The van der Waals surface area contributed by atoms with Crippen LogP contribution in [-0.2, 0) is 33.4 Å². The van der Waals surface area contributed by atoms with E-state index in [1.54, 1.807) is 55.4 Å². The molecular weight excluding hydrogens is 352 g/mol. The van der Waals surface area contributed by atoms with Gasteiger partial charge in [0.1, 0.15) is 22.9 Å². The fraction of sp³-hybridized carbons (Fsp3) is 0.700. The maximum atomic E-state index is 12.7. The Labute approximate surface area is 160 Å². The average Bonchev–Trinajstić information content (AvgIpc) is 2.42. The minimum atomic E-state index is -1.18. The van der Waals surface area contributed by atoms with Gasteiger partial charge in [-0.2, -0.15) is 0 Å². The predicted molar refractivity (Wildman–Crippen MR) is 97.6 cm³/mol. The van der Waals surface area contributed by atoms with Crippen LogP contribution in [0.15, 0.2) is 11.1 Å². The van der Waals surface area contributed by atoms with Crippen molar-refractivity contribution in [2.45, 2.75) is 73.0 Å². The molecule has 27 heavy (non-hydrogen) atoms. The molecule has 1 rings (SSSR count). The Morgan fingerprint density at radius 1 is 0.778 bits per heavy atom. The number of Topliss-reactive ketones (excluding diaryl/α,β-unsaturated/α-hetero) is 1. The van der Waals surface area contributed by atoms with Gasteiger partial charge in [0, 0.05) is 6.42 Å². The molecule has 1 aliphatic carbocycles. The molecular formula is C20H30O7. The largest absolute Gasteiger partial charge is 0.463 e. The van der Waals surface area contributed by atoms with Crippen LogP contribution in [0.4, 0.5) is 0 Å². The highest BCUT2D eigenvalue weighted by Gasteiger charge is 2.56. The van der Waals surface area contributed by atoms with Crippen LogP contribution in [0.1, 0.15) is 61.8 Å². The summed E-state index contributed by atoms with van der Waals surface area (Å²) < 4.78 is 15.7. The lowest BCUT2D eigenvalue weighted by Gasteiger charge is -2.39. The van der Waals surface area contributed by atoms with Crippen LogP contribution >= 0.6 is 0 Å². The molecule has 2 unspecified atom stereocenters. The van der Waals surface area contributed by atoms with Gasteiger partial charge >= 0.3 is 17.9 Å². The number of hydrogen-bond donors (Lipinski definition) is 0. The first kappa shape index (κ1) is 22.9. The quantitative estimate of drug-likeness (QED) is 0.515. The van der Waals surface area contributed by atoms with Crippen LogP contribution in [0, 0.1) is 11.8 Å². The second kappa shape index (κ2) is 8.23. The van der Waals surface area contributed by atoms with E-state index in [0.717, 1.165) is 0 Å². The summed E-state index contributed by atoms with van der Waals surface area (Å²) in [5.41, 5.74) is -1.89. The van der Waals surface area contributed by atoms with Gasteiger partial charge in [-0.15, -0.1) is 0 Å². The van der Waals surface area contributed by atoms with Crippen molar-refractivity contribution in [1.82, 2.24) is 0 Å². The van der Waals surface area contributed by atoms with Crippen LogP contribution in [0.5, 0.6) is 0 Å². The molecule has 1 aliphatic rings. The summed E-state index contributed by atoms with van der Waals surface area (Å²) in [6.07, 6.45) is 0.106. The van der Waals surface area contributed by atoms with Crippen LogP contribution in [0.25, 0.3) is 0 Å². The van der Waals surface area contributed by atoms with E-state index in [4.69, 9.17) is 14.2 Å². The van der Waals surface area contributed by atoms with Gasteiger partial charge in [0.15, 0.2) is 0 Å². The lowest BCUT2D eigenvalue weighted by molar-refractivity contribution is -0.167. The first-order valence-electron chi connectivity index (χ1n) is 9.13. The number of hydrogen-bond acceptors (Lipinski definition) is 7. The van der Waals surface area contributed by atoms with Crippen molar-refractivity contribution in [3.63, 3.8) is 0 Å². The molecule has 0 radical (unpaired) electrons. The van der Waals surface area contributed by atoms with Crippen molar-refractivity contribution >= 4 is 23.7 Å². The first-order chi connectivity index (χ1) is 12.2. The van der Waals surface area contributed by atoms with Crippen molar-refractivity contribution < 1.29 is 33.4 Å². The van der Waals surface area contributed by atoms with E-state index in [1.807, 2.05) is 0 Å². The first-order valence-corrected chi connectivity index (χ1v) is 9.13. The number of carbonyl (C=O) groups excluding carboxylic acids is 4. The van der Waals surface area contributed by atoms with Crippen LogP contribution in [-0.4, -0.2) is 41.5 Å². The summed E-state index contributed by atoms with van der Waals surface area (Å²) in [5, 5.41) is 0. The molecule has 0 aromatic rings. The molecule has 0 saturated heterocycles. The third-order valence-corrected chi connectivity index (χ3v) is 3.72. The summed E-state index contributed by atoms with van der Waals surface area (Å²) in [6.45, 7) is 13.4. The zero-order valence-corrected chi connectivity index (χ0v) is 17.4. The van der Waals surface area contributed by atoms with Crippen LogP contribution in [0.3, 0.4) is 0 Å². The Hall–Kier alpha value is -2.18. The molecule has 0 heterocycles. The number of rotatable bonds is 6.